The number of benzene rings is 2. The van der Waals surface area contributed by atoms with E-state index in [4.69, 9.17) is 5.73 Å². The van der Waals surface area contributed by atoms with E-state index in [0.29, 0.717) is 5.56 Å². The molecule has 0 radical (unpaired) electrons. The first-order valence-electron chi connectivity index (χ1n) is 6.56. The Balaban J connectivity index is 2.12. The highest BCUT2D eigenvalue weighted by Crippen LogP contribution is 2.09. The summed E-state index contributed by atoms with van der Waals surface area (Å²) in [4.78, 5) is 23.5. The second kappa shape index (κ2) is 6.80. The summed E-state index contributed by atoms with van der Waals surface area (Å²) in [6, 6.07) is 9.86. The van der Waals surface area contributed by atoms with Crippen LogP contribution in [0.4, 0.5) is 8.78 Å². The number of nitrogens with two attached hydrogens (primary N) is 1. The van der Waals surface area contributed by atoms with Crippen LogP contribution in [-0.2, 0) is 11.2 Å². The first-order valence-corrected chi connectivity index (χ1v) is 6.56. The number of rotatable bonds is 5. The molecule has 6 heteroatoms. The van der Waals surface area contributed by atoms with Crippen LogP contribution in [0.1, 0.15) is 15.9 Å². The van der Waals surface area contributed by atoms with E-state index in [1.807, 2.05) is 0 Å². The molecule has 0 aliphatic heterocycles. The third kappa shape index (κ3) is 3.88. The number of hydrogen-bond acceptors (Lipinski definition) is 2. The van der Waals surface area contributed by atoms with Crippen LogP contribution in [0.2, 0.25) is 0 Å². The maximum atomic E-state index is 13.5. The van der Waals surface area contributed by atoms with Gasteiger partial charge in [0.25, 0.3) is 5.91 Å². The van der Waals surface area contributed by atoms with Crippen molar-refractivity contribution in [2.24, 2.45) is 5.73 Å². The molecule has 0 bridgehead atoms. The molecular formula is C16H14F2N2O2. The number of primary amides is 1. The lowest BCUT2D eigenvalue weighted by Gasteiger charge is -2.16. The van der Waals surface area contributed by atoms with Crippen molar-refractivity contribution >= 4 is 11.8 Å². The molecule has 4 nitrogen and oxygen atoms in total. The smallest absolute Gasteiger partial charge is 0.254 e. The number of nitrogens with one attached hydrogen (secondary N) is 1. The molecule has 0 aromatic heterocycles. The van der Waals surface area contributed by atoms with Crippen molar-refractivity contribution in [1.29, 1.82) is 0 Å². The number of hydrogen-bond donors (Lipinski definition) is 2. The quantitative estimate of drug-likeness (QED) is 0.884. The van der Waals surface area contributed by atoms with Crippen molar-refractivity contribution in [3.05, 3.63) is 71.3 Å². The van der Waals surface area contributed by atoms with E-state index in [2.05, 4.69) is 5.32 Å². The Morgan fingerprint density at radius 3 is 2.27 bits per heavy atom. The van der Waals surface area contributed by atoms with Crippen molar-refractivity contribution in [2.75, 3.05) is 0 Å². The molecule has 0 fully saturated rings. The fourth-order valence-electron chi connectivity index (χ4n) is 1.96. The zero-order valence-corrected chi connectivity index (χ0v) is 11.6. The normalized spacial score (nSPS) is 11.7. The Hall–Kier alpha value is -2.76. The Bertz CT molecular complexity index is 687. The number of carbonyl (C=O) groups excluding carboxylic acids is 2. The first-order chi connectivity index (χ1) is 10.5. The minimum Gasteiger partial charge on any atom is -0.368 e. The second-order valence-electron chi connectivity index (χ2n) is 4.74. The molecule has 0 unspecified atom stereocenters. The van der Waals surface area contributed by atoms with Crippen LogP contribution in [0.3, 0.4) is 0 Å². The zero-order chi connectivity index (χ0) is 16.1. The highest BCUT2D eigenvalue weighted by Gasteiger charge is 2.21. The van der Waals surface area contributed by atoms with E-state index in [0.717, 1.165) is 6.07 Å². The summed E-state index contributed by atoms with van der Waals surface area (Å²) in [5, 5.41) is 2.39. The topological polar surface area (TPSA) is 72.2 Å². The highest BCUT2D eigenvalue weighted by atomic mass is 19.1. The average molecular weight is 304 g/mol. The number of carbonyl (C=O) groups is 2. The molecule has 2 amide bonds. The minimum atomic E-state index is -1.02. The largest absolute Gasteiger partial charge is 0.368 e. The molecule has 0 spiro atoms. The Morgan fingerprint density at radius 2 is 1.68 bits per heavy atom. The Labute approximate surface area is 125 Å². The molecule has 0 heterocycles. The summed E-state index contributed by atoms with van der Waals surface area (Å²) in [5.74, 6) is -2.59. The van der Waals surface area contributed by atoms with Gasteiger partial charge in [-0.1, -0.05) is 24.3 Å². The third-order valence-corrected chi connectivity index (χ3v) is 3.12. The number of halogens is 2. The first kappa shape index (κ1) is 15.6. The van der Waals surface area contributed by atoms with Crippen LogP contribution in [0.25, 0.3) is 0 Å². The molecule has 1 atom stereocenters. The van der Waals surface area contributed by atoms with E-state index >= 15 is 0 Å². The lowest BCUT2D eigenvalue weighted by molar-refractivity contribution is -0.119. The molecule has 0 saturated heterocycles. The predicted molar refractivity (Wildman–Crippen MR) is 77.0 cm³/mol. The predicted octanol–water partition coefficient (Wildman–Crippen LogP) is 1.79. The highest BCUT2D eigenvalue weighted by molar-refractivity contribution is 5.97. The van der Waals surface area contributed by atoms with Gasteiger partial charge in [0, 0.05) is 6.42 Å². The van der Waals surface area contributed by atoms with Crippen LogP contribution in [0.15, 0.2) is 48.5 Å². The SMILES string of the molecule is NC(=O)[C@H](Cc1ccc(F)cc1)NC(=O)c1ccccc1F. The van der Waals surface area contributed by atoms with Crippen molar-refractivity contribution < 1.29 is 18.4 Å². The van der Waals surface area contributed by atoms with E-state index in [1.54, 1.807) is 0 Å². The van der Waals surface area contributed by atoms with Crippen molar-refractivity contribution in [2.45, 2.75) is 12.5 Å². The molecular weight excluding hydrogens is 290 g/mol. The van der Waals surface area contributed by atoms with Gasteiger partial charge in [-0.3, -0.25) is 9.59 Å². The van der Waals surface area contributed by atoms with Gasteiger partial charge in [0.2, 0.25) is 5.91 Å². The maximum Gasteiger partial charge on any atom is 0.254 e. The monoisotopic (exact) mass is 304 g/mol. The van der Waals surface area contributed by atoms with Gasteiger partial charge in [-0.2, -0.15) is 0 Å². The molecule has 2 rings (SSSR count). The van der Waals surface area contributed by atoms with Crippen molar-refractivity contribution in [1.82, 2.24) is 5.32 Å². The molecule has 0 aliphatic carbocycles. The molecule has 114 valence electrons. The molecule has 0 aliphatic rings. The van der Waals surface area contributed by atoms with E-state index in [9.17, 15) is 18.4 Å². The number of amides is 2. The molecule has 0 saturated carbocycles. The summed E-state index contributed by atoms with van der Waals surface area (Å²) < 4.78 is 26.4. The van der Waals surface area contributed by atoms with Crippen LogP contribution in [-0.4, -0.2) is 17.9 Å². The Kier molecular flexibility index (Phi) is 4.83. The fraction of sp³-hybridized carbons (Fsp3) is 0.125. The fourth-order valence-corrected chi connectivity index (χ4v) is 1.96. The van der Waals surface area contributed by atoms with Crippen LogP contribution in [0, 0.1) is 11.6 Å². The van der Waals surface area contributed by atoms with E-state index in [-0.39, 0.29) is 12.0 Å². The van der Waals surface area contributed by atoms with Crippen molar-refractivity contribution in [3.63, 3.8) is 0 Å². The molecule has 2 aromatic carbocycles. The van der Waals surface area contributed by atoms with Crippen LogP contribution < -0.4 is 11.1 Å². The summed E-state index contributed by atoms with van der Waals surface area (Å²) in [6.07, 6.45) is 0.0931. The molecule has 3 N–H and O–H groups in total. The molecule has 2 aromatic rings. The summed E-state index contributed by atoms with van der Waals surface area (Å²) in [6.45, 7) is 0. The van der Waals surface area contributed by atoms with Gasteiger partial charge in [0.05, 0.1) is 5.56 Å². The van der Waals surface area contributed by atoms with Gasteiger partial charge >= 0.3 is 0 Å². The lowest BCUT2D eigenvalue weighted by Crippen LogP contribution is -2.46. The standard InChI is InChI=1S/C16H14F2N2O2/c17-11-7-5-10(6-8-11)9-14(15(19)21)20-16(22)12-3-1-2-4-13(12)18/h1-8,14H,9H2,(H2,19,21)(H,20,22)/t14-/m0/s1. The van der Waals surface area contributed by atoms with Crippen LogP contribution in [0.5, 0.6) is 0 Å². The van der Waals surface area contributed by atoms with Gasteiger partial charge < -0.3 is 11.1 Å². The van der Waals surface area contributed by atoms with E-state index < -0.39 is 29.5 Å². The zero-order valence-electron chi connectivity index (χ0n) is 11.6. The Morgan fingerprint density at radius 1 is 1.05 bits per heavy atom. The summed E-state index contributed by atoms with van der Waals surface area (Å²) in [5.41, 5.74) is 5.71. The van der Waals surface area contributed by atoms with Crippen LogP contribution >= 0.6 is 0 Å². The van der Waals surface area contributed by atoms with Crippen molar-refractivity contribution in [3.8, 4) is 0 Å². The van der Waals surface area contributed by atoms with Gasteiger partial charge in [-0.25, -0.2) is 8.78 Å². The summed E-state index contributed by atoms with van der Waals surface area (Å²) >= 11 is 0. The second-order valence-corrected chi connectivity index (χ2v) is 4.74. The van der Waals surface area contributed by atoms with Gasteiger partial charge in [0.15, 0.2) is 0 Å². The minimum absolute atomic E-state index is 0.0931. The van der Waals surface area contributed by atoms with E-state index in [1.165, 1.54) is 42.5 Å². The third-order valence-electron chi connectivity index (χ3n) is 3.12. The van der Waals surface area contributed by atoms with Gasteiger partial charge in [0.1, 0.15) is 17.7 Å². The summed E-state index contributed by atoms with van der Waals surface area (Å²) in [7, 11) is 0. The van der Waals surface area contributed by atoms with Gasteiger partial charge in [-0.15, -0.1) is 0 Å². The van der Waals surface area contributed by atoms with Gasteiger partial charge in [-0.05, 0) is 29.8 Å². The average Bonchev–Trinajstić information content (AvgIpc) is 2.49. The maximum absolute atomic E-state index is 13.5. The molecule has 22 heavy (non-hydrogen) atoms. The lowest BCUT2D eigenvalue weighted by atomic mass is 10.0.